The largest absolute Gasteiger partial charge is 0.378 e. The first kappa shape index (κ1) is 16.3. The third-order valence-corrected chi connectivity index (χ3v) is 4.61. The summed E-state index contributed by atoms with van der Waals surface area (Å²) in [4.78, 5) is 4.42. The quantitative estimate of drug-likeness (QED) is 0.864. The lowest BCUT2D eigenvalue weighted by atomic mass is 10.1. The highest BCUT2D eigenvalue weighted by Crippen LogP contribution is 2.26. The predicted octanol–water partition coefficient (Wildman–Crippen LogP) is 1.44. The van der Waals surface area contributed by atoms with Crippen LogP contribution in [0.15, 0.2) is 24.3 Å². The van der Waals surface area contributed by atoms with Crippen LogP contribution in [0.1, 0.15) is 24.4 Å². The Balaban J connectivity index is 2.17. The average Bonchev–Trinajstić information content (AvgIpc) is 2.92. The topological polar surface area (TPSA) is 52.7 Å². The van der Waals surface area contributed by atoms with E-state index in [0.717, 1.165) is 18.8 Å². The Morgan fingerprint density at radius 3 is 2.24 bits per heavy atom. The smallest absolute Gasteiger partial charge is 0.208 e. The molecule has 0 radical (unpaired) electrons. The van der Waals surface area contributed by atoms with Gasteiger partial charge in [0.25, 0.3) is 0 Å². The van der Waals surface area contributed by atoms with E-state index in [9.17, 15) is 8.42 Å². The summed E-state index contributed by atoms with van der Waals surface area (Å²) in [6.45, 7) is 2.50. The Bertz CT molecular complexity index is 549. The lowest BCUT2D eigenvalue weighted by Crippen LogP contribution is -2.36. The van der Waals surface area contributed by atoms with Crippen molar-refractivity contribution in [1.29, 1.82) is 0 Å². The van der Waals surface area contributed by atoms with E-state index in [1.54, 1.807) is 0 Å². The molecule has 6 heteroatoms. The van der Waals surface area contributed by atoms with Gasteiger partial charge in [0.2, 0.25) is 10.0 Å². The molecule has 0 amide bonds. The van der Waals surface area contributed by atoms with Gasteiger partial charge in [-0.1, -0.05) is 12.1 Å². The number of sulfonamides is 1. The summed E-state index contributed by atoms with van der Waals surface area (Å²) in [5.74, 6) is 0. The maximum Gasteiger partial charge on any atom is 0.208 e. The molecule has 0 spiro atoms. The molecule has 118 valence electrons. The maximum absolute atomic E-state index is 11.4. The monoisotopic (exact) mass is 311 g/mol. The number of nitrogens with one attached hydrogen (secondary N) is 1. The lowest BCUT2D eigenvalue weighted by Gasteiger charge is -2.28. The van der Waals surface area contributed by atoms with Crippen LogP contribution >= 0.6 is 0 Å². The van der Waals surface area contributed by atoms with Crippen LogP contribution in [-0.2, 0) is 10.0 Å². The van der Waals surface area contributed by atoms with Crippen molar-refractivity contribution < 1.29 is 8.42 Å². The van der Waals surface area contributed by atoms with E-state index in [2.05, 4.69) is 38.8 Å². The van der Waals surface area contributed by atoms with Gasteiger partial charge in [-0.3, -0.25) is 4.90 Å². The third-order valence-electron chi connectivity index (χ3n) is 3.91. The van der Waals surface area contributed by atoms with Crippen molar-refractivity contribution >= 4 is 15.7 Å². The standard InChI is InChI=1S/C15H25N3O2S/c1-17(2)14-8-6-13(7-9-14)15(12-16-21(3,19)20)18-10-4-5-11-18/h6-9,15-16H,4-5,10-12H2,1-3H3. The summed E-state index contributed by atoms with van der Waals surface area (Å²) in [6, 6.07) is 8.47. The molecule has 0 bridgehead atoms. The molecule has 1 unspecified atom stereocenters. The Hall–Kier alpha value is -1.11. The Morgan fingerprint density at radius 2 is 1.76 bits per heavy atom. The molecule has 1 heterocycles. The van der Waals surface area contributed by atoms with Crippen LogP contribution < -0.4 is 9.62 Å². The molecular formula is C15H25N3O2S. The normalized spacial score (nSPS) is 17.9. The van der Waals surface area contributed by atoms with Crippen LogP contribution in [0.3, 0.4) is 0 Å². The van der Waals surface area contributed by atoms with E-state index in [4.69, 9.17) is 0 Å². The van der Waals surface area contributed by atoms with Crippen LogP contribution in [0.5, 0.6) is 0 Å². The molecule has 0 saturated carbocycles. The summed E-state index contributed by atoms with van der Waals surface area (Å²) in [5, 5.41) is 0. The SMILES string of the molecule is CN(C)c1ccc(C(CNS(C)(=O)=O)N2CCCC2)cc1. The van der Waals surface area contributed by atoms with E-state index >= 15 is 0 Å². The number of benzene rings is 1. The van der Waals surface area contributed by atoms with Crippen LogP contribution in [0.4, 0.5) is 5.69 Å². The highest BCUT2D eigenvalue weighted by molar-refractivity contribution is 7.88. The number of hydrogen-bond donors (Lipinski definition) is 1. The molecule has 1 aliphatic heterocycles. The second-order valence-corrected chi connectivity index (χ2v) is 7.70. The van der Waals surface area contributed by atoms with E-state index < -0.39 is 10.0 Å². The zero-order chi connectivity index (χ0) is 15.5. The predicted molar refractivity (Wildman–Crippen MR) is 87.2 cm³/mol. The van der Waals surface area contributed by atoms with Crippen molar-refractivity contribution in [2.75, 3.05) is 44.9 Å². The van der Waals surface area contributed by atoms with Gasteiger partial charge in [0.1, 0.15) is 0 Å². The minimum atomic E-state index is -3.16. The fourth-order valence-corrected chi connectivity index (χ4v) is 3.20. The van der Waals surface area contributed by atoms with Crippen molar-refractivity contribution in [2.24, 2.45) is 0 Å². The van der Waals surface area contributed by atoms with E-state index in [1.807, 2.05) is 14.1 Å². The summed E-state index contributed by atoms with van der Waals surface area (Å²) in [5.41, 5.74) is 2.31. The first-order chi connectivity index (χ1) is 9.87. The molecule has 21 heavy (non-hydrogen) atoms. The van der Waals surface area contributed by atoms with Gasteiger partial charge in [0.05, 0.1) is 6.26 Å². The molecule has 1 aliphatic rings. The van der Waals surface area contributed by atoms with E-state index in [0.29, 0.717) is 6.54 Å². The lowest BCUT2D eigenvalue weighted by molar-refractivity contribution is 0.246. The number of hydrogen-bond acceptors (Lipinski definition) is 4. The van der Waals surface area contributed by atoms with Crippen LogP contribution in [0.25, 0.3) is 0 Å². The minimum Gasteiger partial charge on any atom is -0.378 e. The van der Waals surface area contributed by atoms with Gasteiger partial charge in [0.15, 0.2) is 0 Å². The number of rotatable bonds is 6. The molecule has 1 aromatic rings. The van der Waals surface area contributed by atoms with Gasteiger partial charge in [-0.2, -0.15) is 0 Å². The fourth-order valence-electron chi connectivity index (χ4n) is 2.74. The summed E-state index contributed by atoms with van der Waals surface area (Å²) >= 11 is 0. The average molecular weight is 311 g/mol. The Kier molecular flexibility index (Phi) is 5.24. The van der Waals surface area contributed by atoms with Gasteiger partial charge in [-0.05, 0) is 43.6 Å². The van der Waals surface area contributed by atoms with Gasteiger partial charge >= 0.3 is 0 Å². The Morgan fingerprint density at radius 1 is 1.19 bits per heavy atom. The van der Waals surface area contributed by atoms with Crippen LogP contribution in [0, 0.1) is 0 Å². The molecule has 0 aliphatic carbocycles. The molecule has 1 aromatic carbocycles. The van der Waals surface area contributed by atoms with Gasteiger partial charge < -0.3 is 4.90 Å². The first-order valence-electron chi connectivity index (χ1n) is 7.33. The van der Waals surface area contributed by atoms with Gasteiger partial charge in [0, 0.05) is 32.4 Å². The van der Waals surface area contributed by atoms with Gasteiger partial charge in [-0.15, -0.1) is 0 Å². The molecule has 1 saturated heterocycles. The summed E-state index contributed by atoms with van der Waals surface area (Å²) in [6.07, 6.45) is 3.58. The third kappa shape index (κ3) is 4.69. The van der Waals surface area contributed by atoms with Gasteiger partial charge in [-0.25, -0.2) is 13.1 Å². The zero-order valence-electron chi connectivity index (χ0n) is 13.0. The second-order valence-electron chi connectivity index (χ2n) is 5.87. The zero-order valence-corrected chi connectivity index (χ0v) is 13.9. The highest BCUT2D eigenvalue weighted by Gasteiger charge is 2.24. The maximum atomic E-state index is 11.4. The molecule has 0 aromatic heterocycles. The summed E-state index contributed by atoms with van der Waals surface area (Å²) < 4.78 is 25.4. The highest BCUT2D eigenvalue weighted by atomic mass is 32.2. The molecule has 1 atom stereocenters. The van der Waals surface area contributed by atoms with E-state index in [-0.39, 0.29) is 6.04 Å². The summed E-state index contributed by atoms with van der Waals surface area (Å²) in [7, 11) is 0.861. The van der Waals surface area contributed by atoms with Crippen molar-refractivity contribution in [3.8, 4) is 0 Å². The fraction of sp³-hybridized carbons (Fsp3) is 0.600. The molecule has 5 nitrogen and oxygen atoms in total. The number of likely N-dealkylation sites (tertiary alicyclic amines) is 1. The first-order valence-corrected chi connectivity index (χ1v) is 9.22. The molecule has 1 N–H and O–H groups in total. The van der Waals surface area contributed by atoms with Crippen molar-refractivity contribution in [3.63, 3.8) is 0 Å². The number of nitrogens with zero attached hydrogens (tertiary/aromatic N) is 2. The molecule has 2 rings (SSSR count). The second kappa shape index (κ2) is 6.77. The van der Waals surface area contributed by atoms with Crippen molar-refractivity contribution in [2.45, 2.75) is 18.9 Å². The van der Waals surface area contributed by atoms with Crippen LogP contribution in [0.2, 0.25) is 0 Å². The number of anilines is 1. The van der Waals surface area contributed by atoms with E-state index in [1.165, 1.54) is 24.7 Å². The molecule has 1 fully saturated rings. The van der Waals surface area contributed by atoms with Crippen molar-refractivity contribution in [1.82, 2.24) is 9.62 Å². The molecular weight excluding hydrogens is 286 g/mol. The van der Waals surface area contributed by atoms with Crippen LogP contribution in [-0.4, -0.2) is 53.3 Å². The Labute approximate surface area is 128 Å². The minimum absolute atomic E-state index is 0.110. The van der Waals surface area contributed by atoms with Crippen molar-refractivity contribution in [3.05, 3.63) is 29.8 Å².